The Morgan fingerprint density at radius 2 is 1.77 bits per heavy atom. The fraction of sp³-hybridized carbons (Fsp3) is 0.889. The van der Waals surface area contributed by atoms with Gasteiger partial charge in [0.05, 0.1) is 11.8 Å². The Labute approximate surface area is 83.6 Å². The van der Waals surface area contributed by atoms with E-state index < -0.39 is 17.0 Å². The van der Waals surface area contributed by atoms with Crippen LogP contribution in [0.5, 0.6) is 0 Å². The highest BCUT2D eigenvalue weighted by molar-refractivity contribution is 7.91. The third-order valence-electron chi connectivity index (χ3n) is 1.28. The first kappa shape index (κ1) is 12.9. The molecule has 0 aromatic carbocycles. The molecule has 13 heavy (non-hydrogen) atoms. The molecule has 1 unspecified atom stereocenters. The molecule has 0 aliphatic heterocycles. The molecule has 78 valence electrons. The summed E-state index contributed by atoms with van der Waals surface area (Å²) in [5.74, 6) is 0. The van der Waals surface area contributed by atoms with Gasteiger partial charge >= 0.3 is 0 Å². The monoisotopic (exact) mass is 205 g/mol. The van der Waals surface area contributed by atoms with Crippen LogP contribution in [-0.2, 0) is 11.4 Å². The topological polar surface area (TPSA) is 55.7 Å². The van der Waals surface area contributed by atoms with E-state index in [9.17, 15) is 9.66 Å². The Kier molecular flexibility index (Phi) is 4.42. The minimum atomic E-state index is -1.21. The summed E-state index contributed by atoms with van der Waals surface area (Å²) in [7, 11) is 0. The van der Waals surface area contributed by atoms with E-state index in [1.807, 2.05) is 20.8 Å². The lowest BCUT2D eigenvalue weighted by Gasteiger charge is -2.18. The van der Waals surface area contributed by atoms with Crippen molar-refractivity contribution in [1.29, 1.82) is 0 Å². The molecule has 0 heterocycles. The van der Waals surface area contributed by atoms with E-state index in [1.165, 1.54) is 6.21 Å². The van der Waals surface area contributed by atoms with Gasteiger partial charge in [0.15, 0.2) is 0 Å². The molecule has 0 fully saturated rings. The zero-order valence-corrected chi connectivity index (χ0v) is 9.81. The largest absolute Gasteiger partial charge is 0.591 e. The molecule has 0 amide bonds. The Morgan fingerprint density at radius 3 is 2.08 bits per heavy atom. The molecule has 0 aromatic rings. The van der Waals surface area contributed by atoms with Gasteiger partial charge < -0.3 is 9.66 Å². The minimum absolute atomic E-state index is 0.323. The van der Waals surface area contributed by atoms with Gasteiger partial charge in [0.2, 0.25) is 0 Å². The molecule has 0 aliphatic rings. The van der Waals surface area contributed by atoms with Crippen molar-refractivity contribution in [3.05, 3.63) is 0 Å². The Hall–Kier alpha value is -0.0600. The summed E-state index contributed by atoms with van der Waals surface area (Å²) in [4.78, 5) is 0. The van der Waals surface area contributed by atoms with Crippen molar-refractivity contribution in [2.75, 3.05) is 0 Å². The summed E-state index contributed by atoms with van der Waals surface area (Å²) in [6.07, 6.45) is 1.95. The summed E-state index contributed by atoms with van der Waals surface area (Å²) in [6, 6.07) is 0. The molecule has 0 saturated heterocycles. The predicted molar refractivity (Wildman–Crippen MR) is 57.3 cm³/mol. The molecule has 0 radical (unpaired) electrons. The van der Waals surface area contributed by atoms with Crippen LogP contribution in [0.15, 0.2) is 4.40 Å². The summed E-state index contributed by atoms with van der Waals surface area (Å²) < 4.78 is 14.9. The maximum absolute atomic E-state index is 11.4. The number of aliphatic hydroxyl groups is 1. The zero-order valence-electron chi connectivity index (χ0n) is 9.00. The molecule has 0 saturated carbocycles. The molecular weight excluding hydrogens is 186 g/mol. The molecule has 0 rings (SSSR count). The second-order valence-corrected chi connectivity index (χ2v) is 6.60. The van der Waals surface area contributed by atoms with E-state index in [2.05, 4.69) is 4.40 Å². The van der Waals surface area contributed by atoms with E-state index in [0.29, 0.717) is 6.42 Å². The van der Waals surface area contributed by atoms with Crippen LogP contribution in [0.4, 0.5) is 0 Å². The van der Waals surface area contributed by atoms with Gasteiger partial charge in [-0.15, -0.1) is 0 Å². The summed E-state index contributed by atoms with van der Waals surface area (Å²) in [6.45, 7) is 8.98. The average molecular weight is 205 g/mol. The van der Waals surface area contributed by atoms with Gasteiger partial charge in [-0.2, -0.15) is 0 Å². The van der Waals surface area contributed by atoms with E-state index in [-0.39, 0.29) is 4.75 Å². The van der Waals surface area contributed by atoms with Gasteiger partial charge in [-0.3, -0.25) is 0 Å². The van der Waals surface area contributed by atoms with Gasteiger partial charge in [-0.1, -0.05) is 4.40 Å². The summed E-state index contributed by atoms with van der Waals surface area (Å²) >= 11 is -1.21. The number of hydrogen-bond acceptors (Lipinski definition) is 3. The molecule has 3 nitrogen and oxygen atoms in total. The quantitative estimate of drug-likeness (QED) is 0.563. The Morgan fingerprint density at radius 1 is 1.31 bits per heavy atom. The lowest BCUT2D eigenvalue weighted by Crippen LogP contribution is -2.26. The van der Waals surface area contributed by atoms with Crippen LogP contribution in [0.3, 0.4) is 0 Å². The van der Waals surface area contributed by atoms with Crippen LogP contribution >= 0.6 is 0 Å². The maximum atomic E-state index is 11.4. The smallest absolute Gasteiger partial charge is 0.144 e. The first-order chi connectivity index (χ1) is 5.63. The third-order valence-corrected chi connectivity index (χ3v) is 2.67. The lowest BCUT2D eigenvalue weighted by atomic mass is 10.1. The van der Waals surface area contributed by atoms with Crippen molar-refractivity contribution in [1.82, 2.24) is 0 Å². The van der Waals surface area contributed by atoms with Crippen molar-refractivity contribution in [2.45, 2.75) is 51.4 Å². The van der Waals surface area contributed by atoms with Crippen molar-refractivity contribution in [3.8, 4) is 0 Å². The molecular formula is C9H19NO2S. The van der Waals surface area contributed by atoms with Gasteiger partial charge in [0.1, 0.15) is 16.1 Å². The normalized spacial score (nSPS) is 16.5. The SMILES string of the molecule is CC(C)(O)C/C=N\[S+]([O-])C(C)(C)C. The fourth-order valence-electron chi connectivity index (χ4n) is 0.486. The lowest BCUT2D eigenvalue weighted by molar-refractivity contribution is 0.0898. The van der Waals surface area contributed by atoms with Crippen molar-refractivity contribution < 1.29 is 9.66 Å². The summed E-state index contributed by atoms with van der Waals surface area (Å²) in [5.41, 5.74) is -0.772. The van der Waals surface area contributed by atoms with Crippen LogP contribution in [0.1, 0.15) is 41.0 Å². The molecule has 0 spiro atoms. The van der Waals surface area contributed by atoms with Crippen LogP contribution < -0.4 is 0 Å². The second kappa shape index (κ2) is 4.44. The minimum Gasteiger partial charge on any atom is -0.591 e. The van der Waals surface area contributed by atoms with Crippen LogP contribution in [0, 0.1) is 0 Å². The standard InChI is InChI=1S/C9H19NO2S/c1-8(2,3)13(12)10-7-6-9(4,5)11/h7,11H,6H2,1-5H3/b10-7-. The maximum Gasteiger partial charge on any atom is 0.144 e. The Bertz CT molecular complexity index is 179. The fourth-order valence-corrected chi connectivity index (χ4v) is 1.01. The Balaban J connectivity index is 4.00. The van der Waals surface area contributed by atoms with E-state index >= 15 is 0 Å². The van der Waals surface area contributed by atoms with Crippen LogP contribution in [0.2, 0.25) is 0 Å². The van der Waals surface area contributed by atoms with Crippen LogP contribution in [0.25, 0.3) is 0 Å². The van der Waals surface area contributed by atoms with Crippen molar-refractivity contribution in [2.24, 2.45) is 4.40 Å². The highest BCUT2D eigenvalue weighted by atomic mass is 32.2. The third kappa shape index (κ3) is 7.05. The van der Waals surface area contributed by atoms with Crippen LogP contribution in [-0.4, -0.2) is 26.2 Å². The molecule has 1 N–H and O–H groups in total. The molecule has 0 aliphatic carbocycles. The molecule has 4 heteroatoms. The second-order valence-electron chi connectivity index (χ2n) is 4.67. The molecule has 0 aromatic heterocycles. The average Bonchev–Trinajstić information content (AvgIpc) is 1.82. The zero-order chi connectivity index (χ0) is 10.7. The number of hydrogen-bond donors (Lipinski definition) is 1. The highest BCUT2D eigenvalue weighted by Crippen LogP contribution is 2.17. The van der Waals surface area contributed by atoms with E-state index in [0.717, 1.165) is 0 Å². The number of nitrogens with zero attached hydrogens (tertiary/aromatic N) is 1. The predicted octanol–water partition coefficient (Wildman–Crippen LogP) is 1.68. The van der Waals surface area contributed by atoms with E-state index in [1.54, 1.807) is 13.8 Å². The van der Waals surface area contributed by atoms with Gasteiger partial charge in [-0.05, 0) is 34.6 Å². The van der Waals surface area contributed by atoms with Crippen molar-refractivity contribution >= 4 is 17.6 Å². The van der Waals surface area contributed by atoms with Gasteiger partial charge in [0.25, 0.3) is 0 Å². The van der Waals surface area contributed by atoms with Gasteiger partial charge in [0, 0.05) is 6.42 Å². The summed E-state index contributed by atoms with van der Waals surface area (Å²) in [5, 5.41) is 9.34. The molecule has 0 bridgehead atoms. The first-order valence-electron chi connectivity index (χ1n) is 4.30. The van der Waals surface area contributed by atoms with Crippen molar-refractivity contribution in [3.63, 3.8) is 0 Å². The first-order valence-corrected chi connectivity index (χ1v) is 5.40. The molecule has 1 atom stereocenters. The van der Waals surface area contributed by atoms with Gasteiger partial charge in [-0.25, -0.2) is 0 Å². The van der Waals surface area contributed by atoms with E-state index in [4.69, 9.17) is 0 Å². The number of rotatable bonds is 3. The highest BCUT2D eigenvalue weighted by Gasteiger charge is 2.25.